The molecule has 0 saturated heterocycles. The molecule has 0 saturated carbocycles. The summed E-state index contributed by atoms with van der Waals surface area (Å²) in [7, 11) is -23.3. The van der Waals surface area contributed by atoms with Gasteiger partial charge in [-0.25, -0.2) is 17.7 Å². The number of aromatic nitrogens is 2. The number of carbonyl (C=O) groups is 1. The molecule has 0 aliphatic carbocycles. The predicted molar refractivity (Wildman–Crippen MR) is 212 cm³/mol. The van der Waals surface area contributed by atoms with Crippen LogP contribution in [0.2, 0.25) is 0 Å². The van der Waals surface area contributed by atoms with Gasteiger partial charge in [-0.1, -0.05) is 0 Å². The fraction of sp³-hybridized carbons (Fsp3) is 0.0294. The summed E-state index contributed by atoms with van der Waals surface area (Å²) < 4.78 is 160. The van der Waals surface area contributed by atoms with E-state index in [-0.39, 0.29) is 33.7 Å². The van der Waals surface area contributed by atoms with Gasteiger partial charge in [0.1, 0.15) is 6.54 Å². The summed E-state index contributed by atoms with van der Waals surface area (Å²) in [5.41, 5.74) is -1.12. The van der Waals surface area contributed by atoms with Crippen molar-refractivity contribution in [3.8, 4) is 0 Å². The molecule has 0 radical (unpaired) electrons. The van der Waals surface area contributed by atoms with Crippen molar-refractivity contribution in [3.05, 3.63) is 126 Å². The van der Waals surface area contributed by atoms with Crippen LogP contribution in [0.5, 0.6) is 0 Å². The van der Waals surface area contributed by atoms with Gasteiger partial charge in [-0.2, -0.15) is 33.7 Å². The van der Waals surface area contributed by atoms with E-state index in [1.54, 1.807) is 0 Å². The number of H-pyrrole nitrogens is 1. The average Bonchev–Trinajstić information content (AvgIpc) is 3.16. The lowest BCUT2D eigenvalue weighted by molar-refractivity contribution is -0.114. The highest BCUT2D eigenvalue weighted by atomic mass is 32.2. The van der Waals surface area contributed by atoms with Gasteiger partial charge in [0.2, 0.25) is 11.9 Å². The lowest BCUT2D eigenvalue weighted by atomic mass is 10.2. The molecule has 0 atom stereocenters. The number of sulfonamides is 1. The van der Waals surface area contributed by atoms with Crippen LogP contribution in [0.1, 0.15) is 0 Å². The van der Waals surface area contributed by atoms with Crippen LogP contribution in [0.3, 0.4) is 0 Å². The number of nitrogens with one attached hydrogen (secondary N) is 2. The highest BCUT2D eigenvalue weighted by molar-refractivity contribution is 7.93. The Bertz CT molecular complexity index is 3140. The van der Waals surface area contributed by atoms with Crippen molar-refractivity contribution >= 4 is 96.0 Å². The lowest BCUT2D eigenvalue weighted by Gasteiger charge is -2.25. The van der Waals surface area contributed by atoms with Crippen molar-refractivity contribution in [2.45, 2.75) is 24.5 Å². The van der Waals surface area contributed by atoms with Crippen LogP contribution in [0, 0.1) is 0 Å². The molecule has 0 aliphatic heterocycles. The van der Waals surface area contributed by atoms with E-state index < -0.39 is 98.9 Å². The normalized spacial score (nSPS) is 12.5. The summed E-state index contributed by atoms with van der Waals surface area (Å²) in [6.07, 6.45) is 0. The first-order valence-electron chi connectivity index (χ1n) is 16.3. The molecule has 26 heteroatoms. The second-order valence-corrected chi connectivity index (χ2v) is 19.8. The zero-order valence-corrected chi connectivity index (χ0v) is 33.8. The highest BCUT2D eigenvalue weighted by Gasteiger charge is 2.29. The van der Waals surface area contributed by atoms with Crippen molar-refractivity contribution in [2.24, 2.45) is 0 Å². The zero-order valence-electron chi connectivity index (χ0n) is 29.7. The quantitative estimate of drug-likeness (QED) is 0.0906. The Balaban J connectivity index is 1.33. The van der Waals surface area contributed by atoms with E-state index in [0.29, 0.717) is 4.31 Å². The Kier molecular flexibility index (Phi) is 11.5. The average molecular weight is 922 g/mol. The first-order chi connectivity index (χ1) is 27.8. The Morgan fingerprint density at radius 3 is 1.25 bits per heavy atom. The summed E-state index contributed by atoms with van der Waals surface area (Å²) >= 11 is 0. The zero-order chi connectivity index (χ0) is 44.0. The van der Waals surface area contributed by atoms with Gasteiger partial charge < -0.3 is 4.90 Å². The molecule has 0 aliphatic rings. The summed E-state index contributed by atoms with van der Waals surface area (Å²) in [5.74, 6) is -1.25. The van der Waals surface area contributed by atoms with E-state index in [1.807, 2.05) is 0 Å². The molecule has 6 aromatic rings. The standard InChI is InChI=1S/C34H27N5O16S5/c40-32(20-38(21-1-9-25(10-2-21)57(44,45)46)22-3-11-26(12-4-22)58(47,48)49)36-34-35-31-18-17-29(19-30(31)33(41)37-34)56(42,43)39(23-5-13-27(14-6-23)59(50,51)52)24-7-15-28(16-8-24)60(53,54)55/h1-19H,20H2,(H,44,45,46)(H,47,48,49)(H,50,51,52)(H,53,54,55)(H2,35,36,37,40,41). The Morgan fingerprint density at radius 2 is 0.883 bits per heavy atom. The molecule has 0 bridgehead atoms. The summed E-state index contributed by atoms with van der Waals surface area (Å²) in [5, 5.41) is 2.09. The van der Waals surface area contributed by atoms with Crippen LogP contribution in [-0.4, -0.2) is 82.7 Å². The highest BCUT2D eigenvalue weighted by Crippen LogP contribution is 2.35. The van der Waals surface area contributed by atoms with Gasteiger partial charge in [0.15, 0.2) is 0 Å². The molecular weight excluding hydrogens is 895 g/mol. The second kappa shape index (κ2) is 15.8. The molecule has 1 heterocycles. The largest absolute Gasteiger partial charge is 0.332 e. The minimum atomic E-state index is -4.77. The number of aromatic amines is 1. The third-order valence-corrected chi connectivity index (χ3v) is 13.6. The number of nitrogens with zero attached hydrogens (tertiary/aromatic N) is 3. The Morgan fingerprint density at radius 1 is 0.533 bits per heavy atom. The van der Waals surface area contributed by atoms with Crippen molar-refractivity contribution < 1.29 is 65.1 Å². The molecule has 314 valence electrons. The second-order valence-electron chi connectivity index (χ2n) is 12.4. The first kappa shape index (κ1) is 43.5. The molecule has 60 heavy (non-hydrogen) atoms. The van der Waals surface area contributed by atoms with Crippen LogP contribution < -0.4 is 20.1 Å². The van der Waals surface area contributed by atoms with E-state index in [0.717, 1.165) is 91.0 Å². The van der Waals surface area contributed by atoms with Crippen molar-refractivity contribution in [3.63, 3.8) is 0 Å². The third kappa shape index (κ3) is 9.51. The molecule has 0 fully saturated rings. The maximum absolute atomic E-state index is 14.2. The number of fused-ring (bicyclic) bond motifs is 1. The number of anilines is 5. The van der Waals surface area contributed by atoms with Crippen molar-refractivity contribution in [2.75, 3.05) is 21.1 Å². The minimum Gasteiger partial charge on any atom is -0.332 e. The number of benzene rings is 5. The van der Waals surface area contributed by atoms with Crippen LogP contribution in [-0.2, 0) is 55.3 Å². The van der Waals surface area contributed by atoms with Crippen molar-refractivity contribution in [1.82, 2.24) is 9.97 Å². The maximum atomic E-state index is 14.2. The van der Waals surface area contributed by atoms with Crippen LogP contribution in [0.25, 0.3) is 10.9 Å². The third-order valence-electron chi connectivity index (χ3n) is 8.41. The predicted octanol–water partition coefficient (Wildman–Crippen LogP) is 3.21. The fourth-order valence-electron chi connectivity index (χ4n) is 5.62. The minimum absolute atomic E-state index is 0.118. The van der Waals surface area contributed by atoms with Gasteiger partial charge in [-0.05, 0) is 115 Å². The van der Waals surface area contributed by atoms with E-state index in [4.69, 9.17) is 0 Å². The molecule has 1 aromatic heterocycles. The van der Waals surface area contributed by atoms with E-state index in [1.165, 1.54) is 29.2 Å². The van der Waals surface area contributed by atoms with Gasteiger partial charge >= 0.3 is 0 Å². The molecule has 0 spiro atoms. The summed E-state index contributed by atoms with van der Waals surface area (Å²) in [6, 6.07) is 20.0. The number of amides is 1. The van der Waals surface area contributed by atoms with E-state index in [2.05, 4.69) is 15.3 Å². The summed E-state index contributed by atoms with van der Waals surface area (Å²) in [4.78, 5) is 31.9. The number of carbonyl (C=O) groups excluding carboxylic acids is 1. The molecule has 5 aromatic carbocycles. The molecule has 0 unspecified atom stereocenters. The van der Waals surface area contributed by atoms with Gasteiger partial charge in [-0.3, -0.25) is 38.1 Å². The summed E-state index contributed by atoms with van der Waals surface area (Å²) in [6.45, 7) is -0.582. The van der Waals surface area contributed by atoms with E-state index >= 15 is 0 Å². The molecule has 21 nitrogen and oxygen atoms in total. The topological polar surface area (TPSA) is 333 Å². The molecule has 6 N–H and O–H groups in total. The van der Waals surface area contributed by atoms with Crippen LogP contribution in [0.15, 0.2) is 145 Å². The van der Waals surface area contributed by atoms with Gasteiger partial charge in [0.05, 0.1) is 46.8 Å². The molecular formula is C34H27N5O16S5. The maximum Gasteiger partial charge on any atom is 0.294 e. The monoisotopic (exact) mass is 921 g/mol. The fourth-order valence-corrected chi connectivity index (χ4v) is 9.06. The smallest absolute Gasteiger partial charge is 0.294 e. The van der Waals surface area contributed by atoms with Gasteiger partial charge in [0, 0.05) is 11.4 Å². The van der Waals surface area contributed by atoms with Crippen LogP contribution >= 0.6 is 0 Å². The SMILES string of the molecule is O=C(CN(c1ccc(S(=O)(=O)O)cc1)c1ccc(S(=O)(=O)O)cc1)Nc1nc2ccc(S(=O)(=O)N(c3ccc(S(=O)(=O)O)cc3)c3ccc(S(=O)(=O)O)cc3)cc2c(=O)[nH]1. The van der Waals surface area contributed by atoms with Gasteiger partial charge in [0.25, 0.3) is 56.1 Å². The van der Waals surface area contributed by atoms with Crippen molar-refractivity contribution in [1.29, 1.82) is 0 Å². The van der Waals surface area contributed by atoms with Gasteiger partial charge in [-0.15, -0.1) is 0 Å². The number of rotatable bonds is 13. The first-order valence-corrected chi connectivity index (χ1v) is 23.5. The number of hydrogen-bond donors (Lipinski definition) is 6. The molecule has 1 amide bonds. The number of hydrogen-bond acceptors (Lipinski definition) is 14. The Labute approximate surface area is 340 Å². The van der Waals surface area contributed by atoms with E-state index in [9.17, 15) is 69.9 Å². The Hall–Kier alpha value is -6.10. The molecule has 6 rings (SSSR count). The van der Waals surface area contributed by atoms with Crippen LogP contribution in [0.4, 0.5) is 28.7 Å². The lowest BCUT2D eigenvalue weighted by Crippen LogP contribution is -2.31.